The highest BCUT2D eigenvalue weighted by Gasteiger charge is 2.03. The van der Waals surface area contributed by atoms with Gasteiger partial charge in [0, 0.05) is 0 Å². The van der Waals surface area contributed by atoms with Crippen molar-refractivity contribution in [2.24, 2.45) is 5.10 Å². The summed E-state index contributed by atoms with van der Waals surface area (Å²) in [7, 11) is 0. The standard InChI is InChI=1S/C21H16Cl2N2O2/c22-19-11-6-15(12-20(19)23)13-24-25-21(26)14-27-18-9-7-17(8-10-18)16-4-2-1-3-5-16/h1-13H,14H2,(H,25,26)/b24-13-. The average Bonchev–Trinajstić information content (AvgIpc) is 2.70. The first-order valence-electron chi connectivity index (χ1n) is 8.17. The maximum atomic E-state index is 11.8. The smallest absolute Gasteiger partial charge is 0.277 e. The summed E-state index contributed by atoms with van der Waals surface area (Å²) in [6.45, 7) is -0.136. The van der Waals surface area contributed by atoms with Crippen molar-refractivity contribution in [1.29, 1.82) is 0 Å². The van der Waals surface area contributed by atoms with Crippen molar-refractivity contribution in [3.63, 3.8) is 0 Å². The molecule has 0 heterocycles. The van der Waals surface area contributed by atoms with E-state index in [9.17, 15) is 4.79 Å². The SMILES string of the molecule is O=C(COc1ccc(-c2ccccc2)cc1)N/N=C\c1ccc(Cl)c(Cl)c1. The van der Waals surface area contributed by atoms with Gasteiger partial charge in [-0.2, -0.15) is 5.10 Å². The lowest BCUT2D eigenvalue weighted by Gasteiger charge is -2.06. The summed E-state index contributed by atoms with van der Waals surface area (Å²) in [4.78, 5) is 11.8. The molecule has 3 aromatic carbocycles. The lowest BCUT2D eigenvalue weighted by molar-refractivity contribution is -0.123. The van der Waals surface area contributed by atoms with Crippen LogP contribution in [0.1, 0.15) is 5.56 Å². The zero-order chi connectivity index (χ0) is 19.1. The fraction of sp³-hybridized carbons (Fsp3) is 0.0476. The number of hydrogen-bond acceptors (Lipinski definition) is 3. The van der Waals surface area contributed by atoms with Crippen LogP contribution in [0.15, 0.2) is 77.9 Å². The number of carbonyl (C=O) groups excluding carboxylic acids is 1. The number of hydrazone groups is 1. The number of hydrogen-bond donors (Lipinski definition) is 1. The number of amides is 1. The van der Waals surface area contributed by atoms with E-state index in [1.807, 2.05) is 54.6 Å². The molecular weight excluding hydrogens is 383 g/mol. The molecule has 3 rings (SSSR count). The Morgan fingerprint density at radius 2 is 1.63 bits per heavy atom. The Morgan fingerprint density at radius 3 is 2.33 bits per heavy atom. The Bertz CT molecular complexity index is 942. The van der Waals surface area contributed by atoms with E-state index in [2.05, 4.69) is 10.5 Å². The number of nitrogens with zero attached hydrogens (tertiary/aromatic N) is 1. The van der Waals surface area contributed by atoms with E-state index in [0.29, 0.717) is 15.8 Å². The molecule has 0 atom stereocenters. The molecule has 1 amide bonds. The van der Waals surface area contributed by atoms with Gasteiger partial charge in [0.15, 0.2) is 6.61 Å². The maximum Gasteiger partial charge on any atom is 0.277 e. The van der Waals surface area contributed by atoms with Gasteiger partial charge in [-0.05, 0) is 41.0 Å². The second-order valence-corrected chi connectivity index (χ2v) is 6.46. The number of rotatable bonds is 6. The third-order valence-electron chi connectivity index (χ3n) is 3.68. The van der Waals surface area contributed by atoms with E-state index >= 15 is 0 Å². The second kappa shape index (κ2) is 9.21. The van der Waals surface area contributed by atoms with E-state index < -0.39 is 0 Å². The predicted molar refractivity (Wildman–Crippen MR) is 110 cm³/mol. The minimum Gasteiger partial charge on any atom is -0.484 e. The first-order valence-corrected chi connectivity index (χ1v) is 8.92. The van der Waals surface area contributed by atoms with Crippen LogP contribution in [0.4, 0.5) is 0 Å². The van der Waals surface area contributed by atoms with Crippen molar-refractivity contribution in [3.05, 3.63) is 88.4 Å². The molecule has 27 heavy (non-hydrogen) atoms. The molecule has 0 saturated carbocycles. The van der Waals surface area contributed by atoms with E-state index in [1.54, 1.807) is 18.2 Å². The Morgan fingerprint density at radius 1 is 0.926 bits per heavy atom. The van der Waals surface area contributed by atoms with Gasteiger partial charge in [-0.3, -0.25) is 4.79 Å². The third kappa shape index (κ3) is 5.58. The van der Waals surface area contributed by atoms with Crippen LogP contribution in [-0.2, 0) is 4.79 Å². The Kier molecular flexibility index (Phi) is 6.47. The number of halogens is 2. The van der Waals surface area contributed by atoms with Crippen LogP contribution in [0, 0.1) is 0 Å². The van der Waals surface area contributed by atoms with Crippen LogP contribution < -0.4 is 10.2 Å². The van der Waals surface area contributed by atoms with Gasteiger partial charge in [0.2, 0.25) is 0 Å². The molecule has 0 saturated heterocycles. The summed E-state index contributed by atoms with van der Waals surface area (Å²) in [5.74, 6) is 0.247. The lowest BCUT2D eigenvalue weighted by Crippen LogP contribution is -2.24. The highest BCUT2D eigenvalue weighted by molar-refractivity contribution is 6.42. The average molecular weight is 399 g/mol. The molecule has 4 nitrogen and oxygen atoms in total. The largest absolute Gasteiger partial charge is 0.484 e. The van der Waals surface area contributed by atoms with Gasteiger partial charge in [0.25, 0.3) is 5.91 Å². The molecule has 0 radical (unpaired) electrons. The molecule has 1 N–H and O–H groups in total. The molecule has 6 heteroatoms. The van der Waals surface area contributed by atoms with Crippen LogP contribution in [0.5, 0.6) is 5.75 Å². The van der Waals surface area contributed by atoms with Crippen LogP contribution >= 0.6 is 23.2 Å². The van der Waals surface area contributed by atoms with Gasteiger partial charge in [-0.15, -0.1) is 0 Å². The molecule has 0 aliphatic heterocycles. The molecule has 0 aliphatic rings. The number of ether oxygens (including phenoxy) is 1. The Balaban J connectivity index is 1.49. The van der Waals surface area contributed by atoms with Gasteiger partial charge >= 0.3 is 0 Å². The molecule has 0 spiro atoms. The van der Waals surface area contributed by atoms with Crippen LogP contribution in [0.25, 0.3) is 11.1 Å². The van der Waals surface area contributed by atoms with Crippen molar-refractivity contribution in [2.45, 2.75) is 0 Å². The van der Waals surface area contributed by atoms with Gasteiger partial charge in [-0.25, -0.2) is 5.43 Å². The van der Waals surface area contributed by atoms with Crippen molar-refractivity contribution >= 4 is 35.3 Å². The van der Waals surface area contributed by atoms with Crippen LogP contribution in [-0.4, -0.2) is 18.7 Å². The highest BCUT2D eigenvalue weighted by atomic mass is 35.5. The summed E-state index contributed by atoms with van der Waals surface area (Å²) >= 11 is 11.8. The zero-order valence-corrected chi connectivity index (χ0v) is 15.7. The number of carbonyl (C=O) groups is 1. The number of benzene rings is 3. The van der Waals surface area contributed by atoms with E-state index in [-0.39, 0.29) is 12.5 Å². The number of nitrogens with one attached hydrogen (secondary N) is 1. The molecule has 0 aliphatic carbocycles. The van der Waals surface area contributed by atoms with Gasteiger partial charge in [0.05, 0.1) is 16.3 Å². The predicted octanol–water partition coefficient (Wildman–Crippen LogP) is 5.19. The third-order valence-corrected chi connectivity index (χ3v) is 4.42. The summed E-state index contributed by atoms with van der Waals surface area (Å²) in [6.07, 6.45) is 1.48. The summed E-state index contributed by atoms with van der Waals surface area (Å²) in [6, 6.07) is 22.6. The van der Waals surface area contributed by atoms with Gasteiger partial charge in [-0.1, -0.05) is 71.7 Å². The maximum absolute atomic E-state index is 11.8. The Labute approximate surface area is 167 Å². The molecule has 136 valence electrons. The molecule has 0 fully saturated rings. The van der Waals surface area contributed by atoms with Crippen LogP contribution in [0.2, 0.25) is 10.0 Å². The highest BCUT2D eigenvalue weighted by Crippen LogP contribution is 2.22. The fourth-order valence-corrected chi connectivity index (χ4v) is 2.63. The quantitative estimate of drug-likeness (QED) is 0.458. The van der Waals surface area contributed by atoms with Crippen molar-refractivity contribution in [1.82, 2.24) is 5.43 Å². The first-order chi connectivity index (χ1) is 13.1. The lowest BCUT2D eigenvalue weighted by atomic mass is 10.1. The summed E-state index contributed by atoms with van der Waals surface area (Å²) < 4.78 is 5.47. The monoisotopic (exact) mass is 398 g/mol. The molecule has 0 unspecified atom stereocenters. The first kappa shape index (κ1) is 19.0. The topological polar surface area (TPSA) is 50.7 Å². The zero-order valence-electron chi connectivity index (χ0n) is 14.2. The summed E-state index contributed by atoms with van der Waals surface area (Å²) in [5, 5.41) is 4.76. The van der Waals surface area contributed by atoms with Crippen molar-refractivity contribution < 1.29 is 9.53 Å². The van der Waals surface area contributed by atoms with Crippen molar-refractivity contribution in [2.75, 3.05) is 6.61 Å². The van der Waals surface area contributed by atoms with Crippen LogP contribution in [0.3, 0.4) is 0 Å². The van der Waals surface area contributed by atoms with Crippen molar-refractivity contribution in [3.8, 4) is 16.9 Å². The molecular formula is C21H16Cl2N2O2. The van der Waals surface area contributed by atoms with E-state index in [1.165, 1.54) is 6.21 Å². The molecule has 0 bridgehead atoms. The van der Waals surface area contributed by atoms with E-state index in [0.717, 1.165) is 16.7 Å². The second-order valence-electron chi connectivity index (χ2n) is 5.65. The normalized spacial score (nSPS) is 10.7. The summed E-state index contributed by atoms with van der Waals surface area (Å²) in [5.41, 5.74) is 5.33. The Hall–Kier alpha value is -2.82. The van der Waals surface area contributed by atoms with Gasteiger partial charge in [0.1, 0.15) is 5.75 Å². The van der Waals surface area contributed by atoms with Gasteiger partial charge < -0.3 is 4.74 Å². The minimum absolute atomic E-state index is 0.136. The fourth-order valence-electron chi connectivity index (χ4n) is 2.33. The minimum atomic E-state index is -0.363. The molecule has 0 aromatic heterocycles. The molecule has 3 aromatic rings. The van der Waals surface area contributed by atoms with E-state index in [4.69, 9.17) is 27.9 Å².